The van der Waals surface area contributed by atoms with Gasteiger partial charge in [-0.05, 0) is 23.8 Å². The highest BCUT2D eigenvalue weighted by Crippen LogP contribution is 2.41. The second kappa shape index (κ2) is 7.69. The fraction of sp³-hybridized carbons (Fsp3) is 0.529. The van der Waals surface area contributed by atoms with Crippen LogP contribution < -0.4 is 9.47 Å². The molecule has 3 rings (SSSR count). The van der Waals surface area contributed by atoms with Crippen molar-refractivity contribution in [1.29, 1.82) is 0 Å². The molecule has 0 fully saturated rings. The molecule has 25 heavy (non-hydrogen) atoms. The lowest BCUT2D eigenvalue weighted by atomic mass is 9.79. The second-order valence-corrected chi connectivity index (χ2v) is 5.77. The molecule has 1 aromatic carbocycles. The number of hydrogen-bond acceptors (Lipinski definition) is 8. The molecule has 0 spiro atoms. The Hall–Kier alpha value is -1.68. The molecule has 8 heteroatoms. The van der Waals surface area contributed by atoms with Gasteiger partial charge in [-0.15, -0.1) is 0 Å². The van der Waals surface area contributed by atoms with Crippen LogP contribution in [0.4, 0.5) is 0 Å². The second-order valence-electron chi connectivity index (χ2n) is 5.77. The lowest BCUT2D eigenvalue weighted by Crippen LogP contribution is -2.55. The van der Waals surface area contributed by atoms with Gasteiger partial charge < -0.3 is 38.6 Å². The van der Waals surface area contributed by atoms with Gasteiger partial charge in [0.25, 0.3) is 0 Å². The molecule has 138 valence electrons. The van der Waals surface area contributed by atoms with E-state index in [1.807, 2.05) is 0 Å². The molecule has 4 atom stereocenters. The summed E-state index contributed by atoms with van der Waals surface area (Å²) in [5.74, 6) is 1.14. The number of hydrogen-bond donors (Lipinski definition) is 2. The summed E-state index contributed by atoms with van der Waals surface area (Å²) in [4.78, 5) is 0. The molecule has 0 unspecified atom stereocenters. The fourth-order valence-electron chi connectivity index (χ4n) is 2.98. The molecule has 0 bridgehead atoms. The Labute approximate surface area is 145 Å². The number of rotatable bonds is 7. The molecule has 1 aliphatic carbocycles. The Morgan fingerprint density at radius 3 is 2.60 bits per heavy atom. The van der Waals surface area contributed by atoms with Crippen LogP contribution in [0.1, 0.15) is 5.56 Å². The van der Waals surface area contributed by atoms with Crippen LogP contribution in [0.3, 0.4) is 0 Å². The highest BCUT2D eigenvalue weighted by molar-refractivity contribution is 5.48. The van der Waals surface area contributed by atoms with Crippen molar-refractivity contribution in [3.8, 4) is 11.5 Å². The summed E-state index contributed by atoms with van der Waals surface area (Å²) in [7, 11) is 2.94. The maximum atomic E-state index is 11.4. The predicted octanol–water partition coefficient (Wildman–Crippen LogP) is 0.512. The first-order valence-electron chi connectivity index (χ1n) is 7.81. The summed E-state index contributed by atoms with van der Waals surface area (Å²) in [6.07, 6.45) is 0.213. The highest BCUT2D eigenvalue weighted by atomic mass is 16.7. The van der Waals surface area contributed by atoms with Gasteiger partial charge >= 0.3 is 0 Å². The van der Waals surface area contributed by atoms with E-state index in [4.69, 9.17) is 28.4 Å². The molecule has 2 N–H and O–H groups in total. The van der Waals surface area contributed by atoms with E-state index in [0.29, 0.717) is 17.1 Å². The van der Waals surface area contributed by atoms with E-state index in [9.17, 15) is 10.2 Å². The van der Waals surface area contributed by atoms with Gasteiger partial charge in [-0.2, -0.15) is 0 Å². The Kier molecular flexibility index (Phi) is 5.57. The molecule has 8 nitrogen and oxygen atoms in total. The van der Waals surface area contributed by atoms with E-state index >= 15 is 0 Å². The summed E-state index contributed by atoms with van der Waals surface area (Å²) in [5.41, 5.74) is -1.04. The first kappa shape index (κ1) is 18.1. The van der Waals surface area contributed by atoms with Crippen LogP contribution in [-0.4, -0.2) is 63.1 Å². The average molecular weight is 354 g/mol. The summed E-state index contributed by atoms with van der Waals surface area (Å²) in [6, 6.07) is 5.11. The van der Waals surface area contributed by atoms with Crippen molar-refractivity contribution in [2.45, 2.75) is 23.9 Å². The smallest absolute Gasteiger partial charge is 0.231 e. The molecule has 0 aromatic heterocycles. The summed E-state index contributed by atoms with van der Waals surface area (Å²) < 4.78 is 31.8. The Balaban J connectivity index is 1.96. The zero-order valence-corrected chi connectivity index (χ0v) is 14.1. The van der Waals surface area contributed by atoms with Gasteiger partial charge in [0.2, 0.25) is 6.79 Å². The van der Waals surface area contributed by atoms with Crippen molar-refractivity contribution in [3.63, 3.8) is 0 Å². The van der Waals surface area contributed by atoms with Gasteiger partial charge in [0.15, 0.2) is 11.5 Å². The minimum absolute atomic E-state index is 0.0559. The first-order chi connectivity index (χ1) is 12.1. The quantitative estimate of drug-likeness (QED) is 0.540. The minimum Gasteiger partial charge on any atom is -0.454 e. The fourth-order valence-corrected chi connectivity index (χ4v) is 2.98. The number of fused-ring (bicyclic) bond motifs is 1. The molecule has 0 saturated heterocycles. The SMILES string of the molecule is COCO[C@@H]1[C@H](O)C=C[C@@](O)(c2ccc3c(c2)OCO3)[C@H]1OCOC. The first-order valence-corrected chi connectivity index (χ1v) is 7.81. The van der Waals surface area contributed by atoms with Crippen LogP contribution in [0.15, 0.2) is 30.4 Å². The molecule has 0 amide bonds. The molecule has 0 radical (unpaired) electrons. The zero-order valence-electron chi connectivity index (χ0n) is 14.1. The molecule has 1 heterocycles. The van der Waals surface area contributed by atoms with Crippen molar-refractivity contribution in [2.75, 3.05) is 34.6 Å². The number of aliphatic hydroxyl groups excluding tert-OH is 1. The van der Waals surface area contributed by atoms with Crippen molar-refractivity contribution in [1.82, 2.24) is 0 Å². The molecular formula is C17H22O8. The molecule has 1 aromatic rings. The number of ether oxygens (including phenoxy) is 6. The van der Waals surface area contributed by atoms with E-state index in [2.05, 4.69) is 0 Å². The lowest BCUT2D eigenvalue weighted by Gasteiger charge is -2.42. The topological polar surface area (TPSA) is 95.8 Å². The van der Waals surface area contributed by atoms with Gasteiger partial charge in [-0.1, -0.05) is 12.1 Å². The van der Waals surface area contributed by atoms with Crippen molar-refractivity contribution >= 4 is 0 Å². The van der Waals surface area contributed by atoms with Crippen LogP contribution in [0.5, 0.6) is 11.5 Å². The van der Waals surface area contributed by atoms with Crippen molar-refractivity contribution < 1.29 is 38.6 Å². The van der Waals surface area contributed by atoms with E-state index in [1.165, 1.54) is 26.4 Å². The van der Waals surface area contributed by atoms with E-state index in [-0.39, 0.29) is 20.4 Å². The van der Waals surface area contributed by atoms with Crippen LogP contribution in [-0.2, 0) is 24.5 Å². The van der Waals surface area contributed by atoms with E-state index in [0.717, 1.165) is 0 Å². The number of aliphatic hydroxyl groups is 2. The van der Waals surface area contributed by atoms with Gasteiger partial charge in [0.1, 0.15) is 37.5 Å². The maximum Gasteiger partial charge on any atom is 0.231 e. The summed E-state index contributed by atoms with van der Waals surface area (Å²) >= 11 is 0. The van der Waals surface area contributed by atoms with Crippen LogP contribution in [0.25, 0.3) is 0 Å². The van der Waals surface area contributed by atoms with Crippen molar-refractivity contribution in [3.05, 3.63) is 35.9 Å². The maximum absolute atomic E-state index is 11.4. The third-order valence-electron chi connectivity index (χ3n) is 4.20. The number of benzene rings is 1. The van der Waals surface area contributed by atoms with Crippen molar-refractivity contribution in [2.24, 2.45) is 0 Å². The standard InChI is InChI=1S/C17H22O8/c1-20-8-24-15-12(18)5-6-17(19,16(15)25-9-21-2)11-3-4-13-14(7-11)23-10-22-13/h3-7,12,15-16,18-19H,8-10H2,1-2H3/t12-,15-,16+,17-/m1/s1. The van der Waals surface area contributed by atoms with Crippen LogP contribution >= 0.6 is 0 Å². The van der Waals surface area contributed by atoms with Gasteiger partial charge in [-0.3, -0.25) is 0 Å². The molecule has 1 aliphatic heterocycles. The van der Waals surface area contributed by atoms with Crippen LogP contribution in [0.2, 0.25) is 0 Å². The zero-order chi connectivity index (χ0) is 17.9. The van der Waals surface area contributed by atoms with Gasteiger partial charge in [-0.25, -0.2) is 0 Å². The lowest BCUT2D eigenvalue weighted by molar-refractivity contribution is -0.226. The average Bonchev–Trinajstić information content (AvgIpc) is 3.09. The normalized spacial score (nSPS) is 30.6. The third-order valence-corrected chi connectivity index (χ3v) is 4.20. The van der Waals surface area contributed by atoms with E-state index in [1.54, 1.807) is 18.2 Å². The van der Waals surface area contributed by atoms with E-state index < -0.39 is 23.9 Å². The Bertz CT molecular complexity index is 619. The largest absolute Gasteiger partial charge is 0.454 e. The molecule has 0 saturated carbocycles. The summed E-state index contributed by atoms with van der Waals surface area (Å²) in [5, 5.41) is 21.6. The minimum atomic E-state index is -1.56. The monoisotopic (exact) mass is 354 g/mol. The van der Waals surface area contributed by atoms with Gasteiger partial charge in [0.05, 0.1) is 0 Å². The Morgan fingerprint density at radius 2 is 1.84 bits per heavy atom. The predicted molar refractivity (Wildman–Crippen MR) is 85.1 cm³/mol. The van der Waals surface area contributed by atoms with Gasteiger partial charge in [0, 0.05) is 14.2 Å². The molecule has 2 aliphatic rings. The molecular weight excluding hydrogens is 332 g/mol. The Morgan fingerprint density at radius 1 is 1.12 bits per heavy atom. The highest BCUT2D eigenvalue weighted by Gasteiger charge is 2.48. The number of methoxy groups -OCH3 is 2. The van der Waals surface area contributed by atoms with Crippen LogP contribution in [0, 0.1) is 0 Å². The third kappa shape index (κ3) is 3.50. The summed E-state index contributed by atoms with van der Waals surface area (Å²) in [6.45, 7) is -0.000491.